The van der Waals surface area contributed by atoms with Crippen LogP contribution in [-0.2, 0) is 9.59 Å². The number of anilines is 2. The summed E-state index contributed by atoms with van der Waals surface area (Å²) in [6.07, 6.45) is 1.35. The zero-order valence-electron chi connectivity index (χ0n) is 18.3. The predicted molar refractivity (Wildman–Crippen MR) is 127 cm³/mol. The van der Waals surface area contributed by atoms with Crippen molar-refractivity contribution in [2.75, 3.05) is 37.1 Å². The second kappa shape index (κ2) is 9.69. The van der Waals surface area contributed by atoms with E-state index in [4.69, 9.17) is 21.7 Å². The lowest BCUT2D eigenvalue weighted by atomic mass is 10.1. The Labute approximate surface area is 192 Å². The Bertz CT molecular complexity index is 1100. The lowest BCUT2D eigenvalue weighted by Gasteiger charge is -2.30. The first-order valence-electron chi connectivity index (χ1n) is 10.1. The molecular weight excluding hydrogens is 430 g/mol. The number of amides is 2. The van der Waals surface area contributed by atoms with E-state index in [2.05, 4.69) is 10.2 Å². The molecule has 0 spiro atoms. The van der Waals surface area contributed by atoms with Gasteiger partial charge in [0, 0.05) is 36.5 Å². The van der Waals surface area contributed by atoms with Gasteiger partial charge in [0.2, 0.25) is 0 Å². The molecule has 9 heteroatoms. The molecular formula is C23H25N3O5S. The first kappa shape index (κ1) is 23.1. The summed E-state index contributed by atoms with van der Waals surface area (Å²) < 4.78 is 10.6. The van der Waals surface area contributed by atoms with Crippen molar-refractivity contribution in [3.8, 4) is 17.2 Å². The smallest absolute Gasteiger partial charge is 0.270 e. The maximum Gasteiger partial charge on any atom is 0.270 e. The number of nitrogens with one attached hydrogen (secondary N) is 1. The van der Waals surface area contributed by atoms with Crippen LogP contribution in [-0.4, -0.2) is 49.3 Å². The molecule has 1 fully saturated rings. The van der Waals surface area contributed by atoms with E-state index in [1.54, 1.807) is 30.3 Å². The van der Waals surface area contributed by atoms with Gasteiger partial charge in [0.1, 0.15) is 22.8 Å². The summed E-state index contributed by atoms with van der Waals surface area (Å²) in [5.41, 5.74) is 1.34. The first-order valence-corrected chi connectivity index (χ1v) is 10.5. The molecule has 32 heavy (non-hydrogen) atoms. The molecule has 0 unspecified atom stereocenters. The van der Waals surface area contributed by atoms with Gasteiger partial charge >= 0.3 is 0 Å². The fraction of sp³-hybridized carbons (Fsp3) is 0.261. The van der Waals surface area contributed by atoms with E-state index in [-0.39, 0.29) is 16.4 Å². The van der Waals surface area contributed by atoms with Gasteiger partial charge in [0.05, 0.1) is 19.9 Å². The molecule has 168 valence electrons. The molecule has 2 N–H and O–H groups in total. The number of thiocarbonyl (C=S) groups is 1. The number of benzene rings is 2. The fourth-order valence-corrected chi connectivity index (χ4v) is 3.72. The summed E-state index contributed by atoms with van der Waals surface area (Å²) in [6, 6.07) is 10.0. The molecule has 2 aromatic rings. The van der Waals surface area contributed by atoms with Crippen LogP contribution in [0.15, 0.2) is 42.0 Å². The van der Waals surface area contributed by atoms with Crippen molar-refractivity contribution in [1.29, 1.82) is 0 Å². The van der Waals surface area contributed by atoms with Gasteiger partial charge in [0.15, 0.2) is 5.11 Å². The number of carbonyl (C=O) groups excluding carboxylic acids is 2. The van der Waals surface area contributed by atoms with Crippen LogP contribution >= 0.6 is 12.2 Å². The molecule has 8 nitrogen and oxygen atoms in total. The number of ether oxygens (including phenoxy) is 2. The Morgan fingerprint density at radius 3 is 2.41 bits per heavy atom. The number of hydrogen-bond donors (Lipinski definition) is 2. The molecule has 2 aromatic carbocycles. The molecule has 1 saturated heterocycles. The summed E-state index contributed by atoms with van der Waals surface area (Å²) in [5.74, 6) is -0.462. The van der Waals surface area contributed by atoms with Crippen molar-refractivity contribution in [3.05, 3.63) is 47.5 Å². The molecule has 0 saturated carbocycles. The molecule has 1 heterocycles. The number of aromatic hydroxyl groups is 1. The van der Waals surface area contributed by atoms with E-state index in [0.29, 0.717) is 22.7 Å². The minimum absolute atomic E-state index is 0.0406. The van der Waals surface area contributed by atoms with Crippen LogP contribution in [0.3, 0.4) is 0 Å². The highest BCUT2D eigenvalue weighted by Gasteiger charge is 2.36. The number of phenolic OH excluding ortho intramolecular Hbond substituents is 1. The van der Waals surface area contributed by atoms with E-state index in [1.807, 2.05) is 19.9 Å². The third-order valence-corrected chi connectivity index (χ3v) is 5.46. The average molecular weight is 456 g/mol. The number of phenols is 1. The highest BCUT2D eigenvalue weighted by Crippen LogP contribution is 2.35. The molecule has 0 bridgehead atoms. The Kier molecular flexibility index (Phi) is 6.99. The third kappa shape index (κ3) is 4.38. The number of carbonyl (C=O) groups is 2. The van der Waals surface area contributed by atoms with Crippen molar-refractivity contribution >= 4 is 46.6 Å². The average Bonchev–Trinajstić information content (AvgIpc) is 2.78. The molecule has 0 aliphatic carbocycles. The summed E-state index contributed by atoms with van der Waals surface area (Å²) in [4.78, 5) is 29.2. The van der Waals surface area contributed by atoms with Gasteiger partial charge in [-0.2, -0.15) is 0 Å². The topological polar surface area (TPSA) is 91.3 Å². The van der Waals surface area contributed by atoms with Gasteiger partial charge in [-0.1, -0.05) is 0 Å². The van der Waals surface area contributed by atoms with Crippen LogP contribution < -0.4 is 24.6 Å². The Morgan fingerprint density at radius 1 is 1.09 bits per heavy atom. The van der Waals surface area contributed by atoms with E-state index >= 15 is 0 Å². The van der Waals surface area contributed by atoms with Crippen LogP contribution in [0, 0.1) is 0 Å². The maximum atomic E-state index is 13.3. The van der Waals surface area contributed by atoms with Crippen molar-refractivity contribution < 1.29 is 24.2 Å². The molecule has 1 aliphatic rings. The monoisotopic (exact) mass is 455 g/mol. The lowest BCUT2D eigenvalue weighted by molar-refractivity contribution is -0.122. The van der Waals surface area contributed by atoms with Gasteiger partial charge in [-0.05, 0) is 56.4 Å². The summed E-state index contributed by atoms with van der Waals surface area (Å²) in [7, 11) is 2.97. The van der Waals surface area contributed by atoms with Gasteiger partial charge in [0.25, 0.3) is 11.8 Å². The van der Waals surface area contributed by atoms with Crippen molar-refractivity contribution in [1.82, 2.24) is 5.32 Å². The molecule has 0 aromatic heterocycles. The summed E-state index contributed by atoms with van der Waals surface area (Å²) >= 11 is 5.26. The largest absolute Gasteiger partial charge is 0.507 e. The van der Waals surface area contributed by atoms with Crippen molar-refractivity contribution in [2.24, 2.45) is 0 Å². The number of hydrogen-bond acceptors (Lipinski definition) is 7. The van der Waals surface area contributed by atoms with Gasteiger partial charge in [-0.25, -0.2) is 4.90 Å². The normalized spacial score (nSPS) is 15.1. The van der Waals surface area contributed by atoms with Crippen LogP contribution in [0.1, 0.15) is 19.4 Å². The SMILES string of the molecule is CCN(CC)c1ccc(/C=C2\C(=O)NC(=S)N(c3cc(OC)ccc3OC)C2=O)c(O)c1. The standard InChI is InChI=1S/C23H25N3O5S/c1-5-25(6-2)15-8-7-14(19(27)12-15)11-17-21(28)24-23(32)26(22(17)29)18-13-16(30-3)9-10-20(18)31-4/h7-13,27H,5-6H2,1-4H3,(H,24,28,32)/b17-11+. The maximum absolute atomic E-state index is 13.3. The van der Waals surface area contributed by atoms with E-state index in [0.717, 1.165) is 18.8 Å². The predicted octanol–water partition coefficient (Wildman–Crippen LogP) is 3.09. The van der Waals surface area contributed by atoms with Crippen molar-refractivity contribution in [2.45, 2.75) is 13.8 Å². The lowest BCUT2D eigenvalue weighted by Crippen LogP contribution is -2.54. The minimum Gasteiger partial charge on any atom is -0.507 e. The molecule has 2 amide bonds. The highest BCUT2D eigenvalue weighted by atomic mass is 32.1. The summed E-state index contributed by atoms with van der Waals surface area (Å²) in [5, 5.41) is 13.0. The second-order valence-corrected chi connectivity index (χ2v) is 7.30. The zero-order valence-corrected chi connectivity index (χ0v) is 19.2. The fourth-order valence-electron chi connectivity index (χ4n) is 3.44. The Balaban J connectivity index is 2.04. The zero-order chi connectivity index (χ0) is 23.4. The van der Waals surface area contributed by atoms with Crippen LogP contribution in [0.4, 0.5) is 11.4 Å². The number of rotatable bonds is 7. The first-order chi connectivity index (χ1) is 15.3. The van der Waals surface area contributed by atoms with Crippen LogP contribution in [0.25, 0.3) is 6.08 Å². The van der Waals surface area contributed by atoms with Gasteiger partial charge in [-0.15, -0.1) is 0 Å². The Morgan fingerprint density at radius 2 is 1.81 bits per heavy atom. The van der Waals surface area contributed by atoms with Crippen LogP contribution in [0.2, 0.25) is 0 Å². The second-order valence-electron chi connectivity index (χ2n) is 6.91. The highest BCUT2D eigenvalue weighted by molar-refractivity contribution is 7.80. The van der Waals surface area contributed by atoms with E-state index in [9.17, 15) is 14.7 Å². The van der Waals surface area contributed by atoms with Gasteiger partial charge in [-0.3, -0.25) is 14.9 Å². The quantitative estimate of drug-likeness (QED) is 0.377. The van der Waals surface area contributed by atoms with E-state index < -0.39 is 11.8 Å². The van der Waals surface area contributed by atoms with Gasteiger partial charge < -0.3 is 19.5 Å². The van der Waals surface area contributed by atoms with E-state index in [1.165, 1.54) is 25.2 Å². The molecule has 3 rings (SSSR count). The molecule has 0 atom stereocenters. The molecule has 0 radical (unpaired) electrons. The van der Waals surface area contributed by atoms with Crippen molar-refractivity contribution in [3.63, 3.8) is 0 Å². The summed E-state index contributed by atoms with van der Waals surface area (Å²) in [6.45, 7) is 5.61. The minimum atomic E-state index is -0.648. The van der Waals surface area contributed by atoms with Crippen LogP contribution in [0.5, 0.6) is 17.2 Å². The number of methoxy groups -OCH3 is 2. The Hall–Kier alpha value is -3.59. The third-order valence-electron chi connectivity index (χ3n) is 5.17. The number of nitrogens with zero attached hydrogens (tertiary/aromatic N) is 2. The molecule has 1 aliphatic heterocycles.